The van der Waals surface area contributed by atoms with Gasteiger partial charge in [-0.25, -0.2) is 9.55 Å². The van der Waals surface area contributed by atoms with Crippen LogP contribution in [0.25, 0.3) is 33.9 Å². The zero-order valence-electron chi connectivity index (χ0n) is 14.9. The number of aromatic amines is 1. The van der Waals surface area contributed by atoms with Crippen molar-refractivity contribution < 1.29 is 0 Å². The normalized spacial score (nSPS) is 11.5. The van der Waals surface area contributed by atoms with Crippen molar-refractivity contribution in [3.63, 3.8) is 0 Å². The molecule has 0 amide bonds. The second-order valence-corrected chi connectivity index (χ2v) is 6.75. The van der Waals surface area contributed by atoms with Crippen LogP contribution in [0.5, 0.6) is 0 Å². The number of rotatable bonds is 2. The Labute approximate surface area is 162 Å². The molecule has 138 valence electrons. The van der Waals surface area contributed by atoms with Gasteiger partial charge in [-0.1, -0.05) is 23.7 Å². The summed E-state index contributed by atoms with van der Waals surface area (Å²) in [6.07, 6.45) is 1.60. The van der Waals surface area contributed by atoms with E-state index in [1.54, 1.807) is 42.8 Å². The molecule has 4 heterocycles. The molecule has 0 saturated heterocycles. The Morgan fingerprint density at radius 2 is 1.96 bits per heavy atom. The van der Waals surface area contributed by atoms with Gasteiger partial charge in [-0.15, -0.1) is 10.2 Å². The molecular weight excluding hydrogens is 380 g/mol. The summed E-state index contributed by atoms with van der Waals surface area (Å²) in [4.78, 5) is 26.5. The standard InChI is InChI=1S/C18H13ClN8O/c1-9-20-18(24-23-9)26-7-6-13-14(16(26)28)15(11-4-3-5-12(19)8-11)27-17(22-13)21-10(2)25-27/h3-8H,1-2H3,(H,20,23,24). The van der Waals surface area contributed by atoms with Crippen LogP contribution in [-0.4, -0.2) is 39.3 Å². The molecule has 0 aliphatic rings. The molecule has 0 aliphatic heterocycles. The Kier molecular flexibility index (Phi) is 3.53. The maximum absolute atomic E-state index is 13.4. The van der Waals surface area contributed by atoms with Gasteiger partial charge in [0.15, 0.2) is 0 Å². The highest BCUT2D eigenvalue weighted by Gasteiger charge is 2.19. The first-order valence-corrected chi connectivity index (χ1v) is 8.83. The monoisotopic (exact) mass is 392 g/mol. The lowest BCUT2D eigenvalue weighted by molar-refractivity contribution is 0.893. The van der Waals surface area contributed by atoms with E-state index in [1.165, 1.54) is 4.57 Å². The second-order valence-electron chi connectivity index (χ2n) is 6.31. The van der Waals surface area contributed by atoms with Gasteiger partial charge in [-0.2, -0.15) is 14.5 Å². The van der Waals surface area contributed by atoms with Gasteiger partial charge < -0.3 is 0 Å². The second kappa shape index (κ2) is 5.96. The topological polar surface area (TPSA) is 107 Å². The van der Waals surface area contributed by atoms with Crippen molar-refractivity contribution in [2.45, 2.75) is 13.8 Å². The molecular formula is C18H13ClN8O. The average molecular weight is 393 g/mol. The number of hydrogen-bond acceptors (Lipinski definition) is 6. The Morgan fingerprint density at radius 3 is 2.71 bits per heavy atom. The first-order chi connectivity index (χ1) is 13.5. The lowest BCUT2D eigenvalue weighted by Gasteiger charge is -2.10. The molecule has 0 aliphatic carbocycles. The fourth-order valence-corrected chi connectivity index (χ4v) is 3.37. The predicted molar refractivity (Wildman–Crippen MR) is 104 cm³/mol. The van der Waals surface area contributed by atoms with Gasteiger partial charge in [0.25, 0.3) is 17.3 Å². The van der Waals surface area contributed by atoms with Crippen molar-refractivity contribution in [1.29, 1.82) is 0 Å². The minimum absolute atomic E-state index is 0.260. The van der Waals surface area contributed by atoms with E-state index in [0.717, 1.165) is 5.56 Å². The summed E-state index contributed by atoms with van der Waals surface area (Å²) < 4.78 is 2.94. The van der Waals surface area contributed by atoms with E-state index >= 15 is 0 Å². The molecule has 28 heavy (non-hydrogen) atoms. The Morgan fingerprint density at radius 1 is 1.11 bits per heavy atom. The van der Waals surface area contributed by atoms with Crippen LogP contribution in [0.2, 0.25) is 5.02 Å². The van der Waals surface area contributed by atoms with Gasteiger partial charge in [0.2, 0.25) is 0 Å². The largest absolute Gasteiger partial charge is 0.269 e. The van der Waals surface area contributed by atoms with Crippen LogP contribution < -0.4 is 5.56 Å². The van der Waals surface area contributed by atoms with Gasteiger partial charge in [-0.3, -0.25) is 9.89 Å². The van der Waals surface area contributed by atoms with Crippen LogP contribution in [0, 0.1) is 13.8 Å². The van der Waals surface area contributed by atoms with Gasteiger partial charge in [0, 0.05) is 16.8 Å². The molecule has 9 nitrogen and oxygen atoms in total. The van der Waals surface area contributed by atoms with Gasteiger partial charge in [-0.05, 0) is 32.0 Å². The smallest absolute Gasteiger partial charge is 0.268 e. The average Bonchev–Trinajstić information content (AvgIpc) is 3.24. The maximum Gasteiger partial charge on any atom is 0.269 e. The highest BCUT2D eigenvalue weighted by atomic mass is 35.5. The number of hydrogen-bond donors (Lipinski definition) is 1. The third kappa shape index (κ3) is 2.48. The van der Waals surface area contributed by atoms with Crippen molar-refractivity contribution in [1.82, 2.24) is 39.3 Å². The number of pyridine rings is 1. The van der Waals surface area contributed by atoms with Gasteiger partial charge in [0.05, 0.1) is 16.6 Å². The van der Waals surface area contributed by atoms with E-state index in [0.29, 0.717) is 39.0 Å². The minimum Gasteiger partial charge on any atom is -0.268 e. The molecule has 4 aromatic heterocycles. The third-order valence-electron chi connectivity index (χ3n) is 4.33. The van der Waals surface area contributed by atoms with Crippen molar-refractivity contribution in [2.75, 3.05) is 0 Å². The highest BCUT2D eigenvalue weighted by molar-refractivity contribution is 6.30. The first kappa shape index (κ1) is 16.6. The molecule has 0 atom stereocenters. The van der Waals surface area contributed by atoms with Crippen molar-refractivity contribution in [3.8, 4) is 17.2 Å². The third-order valence-corrected chi connectivity index (χ3v) is 4.57. The zero-order chi connectivity index (χ0) is 19.4. The minimum atomic E-state index is -0.311. The molecule has 0 bridgehead atoms. The molecule has 0 spiro atoms. The lowest BCUT2D eigenvalue weighted by Crippen LogP contribution is -2.21. The number of nitrogens with one attached hydrogen (secondary N) is 1. The molecule has 1 N–H and O–H groups in total. The zero-order valence-corrected chi connectivity index (χ0v) is 15.6. The van der Waals surface area contributed by atoms with E-state index in [9.17, 15) is 4.79 Å². The Hall–Kier alpha value is -3.59. The molecule has 0 fully saturated rings. The van der Waals surface area contributed by atoms with E-state index in [-0.39, 0.29) is 11.5 Å². The number of aromatic nitrogens is 8. The number of fused-ring (bicyclic) bond motifs is 2. The summed E-state index contributed by atoms with van der Waals surface area (Å²) in [7, 11) is 0. The van der Waals surface area contributed by atoms with Gasteiger partial charge >= 0.3 is 0 Å². The Bertz CT molecular complexity index is 1430. The van der Waals surface area contributed by atoms with E-state index < -0.39 is 0 Å². The molecule has 5 rings (SSSR count). The van der Waals surface area contributed by atoms with E-state index in [4.69, 9.17) is 11.6 Å². The van der Waals surface area contributed by atoms with E-state index in [1.807, 2.05) is 12.1 Å². The summed E-state index contributed by atoms with van der Waals surface area (Å²) in [5.41, 5.74) is 1.49. The molecule has 0 saturated carbocycles. The summed E-state index contributed by atoms with van der Waals surface area (Å²) in [5.74, 6) is 1.83. The number of H-pyrrole nitrogens is 1. The molecule has 0 unspecified atom stereocenters. The first-order valence-electron chi connectivity index (χ1n) is 8.45. The van der Waals surface area contributed by atoms with Crippen LogP contribution in [0.4, 0.5) is 0 Å². The summed E-state index contributed by atoms with van der Waals surface area (Å²) >= 11 is 6.20. The van der Waals surface area contributed by atoms with Crippen molar-refractivity contribution >= 4 is 28.3 Å². The van der Waals surface area contributed by atoms with E-state index in [2.05, 4.69) is 30.2 Å². The molecule has 5 aromatic rings. The quantitative estimate of drug-likeness (QED) is 0.494. The number of nitrogens with zero attached hydrogens (tertiary/aromatic N) is 7. The van der Waals surface area contributed by atoms with Crippen molar-refractivity contribution in [2.24, 2.45) is 0 Å². The SMILES string of the molecule is Cc1nc2nc3ccn(-c4n[nH]c(C)n4)c(=O)c3c(-c3cccc(Cl)c3)n2n1. The summed E-state index contributed by atoms with van der Waals surface area (Å²) in [6, 6.07) is 8.97. The molecule has 0 radical (unpaired) electrons. The summed E-state index contributed by atoms with van der Waals surface area (Å²) in [5, 5.41) is 12.2. The van der Waals surface area contributed by atoms with Crippen LogP contribution in [-0.2, 0) is 0 Å². The van der Waals surface area contributed by atoms with Crippen molar-refractivity contribution in [3.05, 3.63) is 63.6 Å². The predicted octanol–water partition coefficient (Wildman–Crippen LogP) is 2.48. The summed E-state index contributed by atoms with van der Waals surface area (Å²) in [6.45, 7) is 3.54. The van der Waals surface area contributed by atoms with Crippen LogP contribution in [0.3, 0.4) is 0 Å². The highest BCUT2D eigenvalue weighted by Crippen LogP contribution is 2.28. The fraction of sp³-hybridized carbons (Fsp3) is 0.111. The van der Waals surface area contributed by atoms with Gasteiger partial charge in [0.1, 0.15) is 11.6 Å². The van der Waals surface area contributed by atoms with Crippen LogP contribution >= 0.6 is 11.6 Å². The lowest BCUT2D eigenvalue weighted by atomic mass is 10.1. The van der Waals surface area contributed by atoms with Crippen LogP contribution in [0.1, 0.15) is 11.6 Å². The number of halogens is 1. The van der Waals surface area contributed by atoms with Crippen LogP contribution in [0.15, 0.2) is 41.3 Å². The number of aryl methyl sites for hydroxylation is 2. The molecule has 10 heteroatoms. The Balaban J connectivity index is 1.96. The number of benzene rings is 1. The maximum atomic E-state index is 13.4. The molecule has 1 aromatic carbocycles. The fourth-order valence-electron chi connectivity index (χ4n) is 3.18.